The van der Waals surface area contributed by atoms with Gasteiger partial charge in [0.25, 0.3) is 0 Å². The van der Waals surface area contributed by atoms with Gasteiger partial charge < -0.3 is 9.47 Å². The number of methoxy groups -OCH3 is 2. The predicted molar refractivity (Wildman–Crippen MR) is 97.8 cm³/mol. The maximum absolute atomic E-state index is 14.7. The van der Waals surface area contributed by atoms with Gasteiger partial charge in [0.1, 0.15) is 11.1 Å². The molecular weight excluding hydrogens is 426 g/mol. The van der Waals surface area contributed by atoms with Gasteiger partial charge in [-0.15, -0.1) is 11.6 Å². The fourth-order valence-corrected chi connectivity index (χ4v) is 3.10. The lowest BCUT2D eigenvalue weighted by atomic mass is 9.94. The van der Waals surface area contributed by atoms with Crippen LogP contribution in [0.2, 0.25) is 5.02 Å². The van der Waals surface area contributed by atoms with Crippen molar-refractivity contribution in [2.45, 2.75) is 17.8 Å². The third-order valence-electron chi connectivity index (χ3n) is 3.56. The fourth-order valence-electron chi connectivity index (χ4n) is 2.37. The number of rotatable bonds is 5. The van der Waals surface area contributed by atoms with E-state index in [-0.39, 0.29) is 34.2 Å². The molecule has 1 heterocycles. The first-order chi connectivity index (χ1) is 12.6. The number of alkyl halides is 1. The molecule has 148 valence electrons. The highest BCUT2D eigenvalue weighted by Crippen LogP contribution is 2.37. The van der Waals surface area contributed by atoms with Crippen LogP contribution < -0.4 is 4.74 Å². The van der Waals surface area contributed by atoms with Gasteiger partial charge >= 0.3 is 16.1 Å². The second-order valence-electron chi connectivity index (χ2n) is 5.43. The molecule has 0 spiro atoms. The molecule has 1 aromatic carbocycles. The summed E-state index contributed by atoms with van der Waals surface area (Å²) in [6.45, 7) is 0. The predicted octanol–water partition coefficient (Wildman–Crippen LogP) is 2.49. The number of esters is 1. The number of benzene rings is 1. The number of hydrogen-bond donors (Lipinski definition) is 0. The molecule has 0 saturated carbocycles. The van der Waals surface area contributed by atoms with E-state index in [1.54, 1.807) is 0 Å². The number of carbonyl (C=O) groups is 1. The summed E-state index contributed by atoms with van der Waals surface area (Å²) in [6.07, 6.45) is 0.686. The Kier molecular flexibility index (Phi) is 6.66. The van der Waals surface area contributed by atoms with Gasteiger partial charge in [0.05, 0.1) is 37.3 Å². The summed E-state index contributed by atoms with van der Waals surface area (Å²) in [4.78, 5) is 16.1. The zero-order valence-electron chi connectivity index (χ0n) is 14.4. The number of halogens is 3. The van der Waals surface area contributed by atoms with Crippen molar-refractivity contribution < 1.29 is 31.4 Å². The zero-order chi connectivity index (χ0) is 20.4. The smallest absolute Gasteiger partial charge is 0.353 e. The highest BCUT2D eigenvalue weighted by atomic mass is 35.5. The normalized spacial score (nSPS) is 21.6. The molecule has 0 N–H and O–H groups in total. The van der Waals surface area contributed by atoms with E-state index in [0.29, 0.717) is 0 Å². The Bertz CT molecular complexity index is 919. The average Bonchev–Trinajstić information content (AvgIpc) is 2.60. The Labute approximate surface area is 165 Å². The molecule has 1 aliphatic heterocycles. The number of nitrogens with zero attached hydrogens (tertiary/aromatic N) is 2. The molecular formula is C15H15Cl2FN2O6S. The molecule has 2 unspecified atom stereocenters. The van der Waals surface area contributed by atoms with Crippen molar-refractivity contribution >= 4 is 50.7 Å². The lowest BCUT2D eigenvalue weighted by molar-refractivity contribution is -0.132. The SMILES string of the molecule is COC(=O)C1=NC(c2ccc(Cl)c(OC)c2F)CC(=NOS(C)(=O)=O)C1Cl. The highest BCUT2D eigenvalue weighted by Gasteiger charge is 2.36. The summed E-state index contributed by atoms with van der Waals surface area (Å²) in [7, 11) is -1.54. The second-order valence-corrected chi connectivity index (χ2v) is 7.83. The van der Waals surface area contributed by atoms with E-state index in [0.717, 1.165) is 13.4 Å². The van der Waals surface area contributed by atoms with Crippen LogP contribution in [0.15, 0.2) is 22.3 Å². The van der Waals surface area contributed by atoms with Crippen molar-refractivity contribution in [2.75, 3.05) is 20.5 Å². The molecule has 0 saturated heterocycles. The van der Waals surface area contributed by atoms with Crippen LogP contribution in [0.3, 0.4) is 0 Å². The Morgan fingerprint density at radius 3 is 2.59 bits per heavy atom. The van der Waals surface area contributed by atoms with Crippen molar-refractivity contribution in [3.63, 3.8) is 0 Å². The van der Waals surface area contributed by atoms with Crippen molar-refractivity contribution in [1.29, 1.82) is 0 Å². The van der Waals surface area contributed by atoms with Gasteiger partial charge in [0, 0.05) is 12.0 Å². The lowest BCUT2D eigenvalue weighted by Crippen LogP contribution is -2.37. The highest BCUT2D eigenvalue weighted by molar-refractivity contribution is 7.85. The molecule has 0 bridgehead atoms. The first-order valence-corrected chi connectivity index (χ1v) is 9.99. The molecule has 1 aliphatic rings. The van der Waals surface area contributed by atoms with Gasteiger partial charge in [0.2, 0.25) is 0 Å². The van der Waals surface area contributed by atoms with Gasteiger partial charge in [0.15, 0.2) is 11.6 Å². The zero-order valence-corrected chi connectivity index (χ0v) is 16.7. The molecule has 0 radical (unpaired) electrons. The standard InChI is InChI=1S/C15H15Cl2FN2O6S/c1-24-14-8(16)5-4-7(12(14)18)9-6-10(20-26-27(3,22)23)11(17)13(19-9)15(21)25-2/h4-5,9,11H,6H2,1-3H3. The molecule has 0 fully saturated rings. The summed E-state index contributed by atoms with van der Waals surface area (Å²) in [5.74, 6) is -1.84. The van der Waals surface area contributed by atoms with Crippen molar-refractivity contribution in [3.05, 3.63) is 28.5 Å². The van der Waals surface area contributed by atoms with Gasteiger partial charge in [-0.05, 0) is 6.07 Å². The molecule has 2 atom stereocenters. The second kappa shape index (κ2) is 8.41. The Balaban J connectivity index is 2.55. The fraction of sp³-hybridized carbons (Fsp3) is 0.400. The lowest BCUT2D eigenvalue weighted by Gasteiger charge is -2.25. The summed E-state index contributed by atoms with van der Waals surface area (Å²) in [5.41, 5.74) is -0.247. The Hall–Kier alpha value is -1.91. The average molecular weight is 441 g/mol. The van der Waals surface area contributed by atoms with Crippen LogP contribution in [0.25, 0.3) is 0 Å². The minimum absolute atomic E-state index is 0.0317. The third-order valence-corrected chi connectivity index (χ3v) is 4.66. The minimum atomic E-state index is -3.91. The molecule has 0 amide bonds. The van der Waals surface area contributed by atoms with Crippen molar-refractivity contribution in [2.24, 2.45) is 10.1 Å². The summed E-state index contributed by atoms with van der Waals surface area (Å²) in [6, 6.07) is 1.82. The van der Waals surface area contributed by atoms with E-state index >= 15 is 0 Å². The van der Waals surface area contributed by atoms with E-state index in [4.69, 9.17) is 27.9 Å². The maximum Gasteiger partial charge on any atom is 0.353 e. The van der Waals surface area contributed by atoms with Crippen LogP contribution in [0.5, 0.6) is 5.75 Å². The molecule has 0 aromatic heterocycles. The number of oxime groups is 1. The molecule has 27 heavy (non-hydrogen) atoms. The molecule has 1 aromatic rings. The largest absolute Gasteiger partial charge is 0.492 e. The van der Waals surface area contributed by atoms with E-state index in [1.807, 2.05) is 0 Å². The van der Waals surface area contributed by atoms with Crippen LogP contribution in [-0.4, -0.2) is 51.7 Å². The van der Waals surface area contributed by atoms with E-state index in [9.17, 15) is 17.6 Å². The number of ether oxygens (including phenoxy) is 2. The van der Waals surface area contributed by atoms with Gasteiger partial charge in [-0.1, -0.05) is 22.8 Å². The molecule has 2 rings (SSSR count). The van der Waals surface area contributed by atoms with E-state index in [1.165, 1.54) is 19.2 Å². The third kappa shape index (κ3) is 4.88. The summed E-state index contributed by atoms with van der Waals surface area (Å²) < 4.78 is 51.1. The van der Waals surface area contributed by atoms with E-state index in [2.05, 4.69) is 19.2 Å². The van der Waals surface area contributed by atoms with Crippen LogP contribution in [0.1, 0.15) is 18.0 Å². The van der Waals surface area contributed by atoms with Crippen LogP contribution >= 0.6 is 23.2 Å². The summed E-state index contributed by atoms with van der Waals surface area (Å²) in [5, 5.41) is 2.35. The number of aliphatic imine (C=N–C) groups is 1. The monoisotopic (exact) mass is 440 g/mol. The number of carbonyl (C=O) groups excluding carboxylic acids is 1. The molecule has 12 heteroatoms. The van der Waals surface area contributed by atoms with Crippen molar-refractivity contribution in [3.8, 4) is 5.75 Å². The minimum Gasteiger partial charge on any atom is -0.492 e. The van der Waals surface area contributed by atoms with Crippen LogP contribution in [-0.2, 0) is 23.9 Å². The molecule has 0 aliphatic carbocycles. The molecule has 8 nitrogen and oxygen atoms in total. The van der Waals surface area contributed by atoms with E-state index < -0.39 is 33.3 Å². The summed E-state index contributed by atoms with van der Waals surface area (Å²) >= 11 is 12.0. The quantitative estimate of drug-likeness (QED) is 0.395. The van der Waals surface area contributed by atoms with Gasteiger partial charge in [-0.3, -0.25) is 9.28 Å². The van der Waals surface area contributed by atoms with Crippen molar-refractivity contribution in [1.82, 2.24) is 0 Å². The first-order valence-electron chi connectivity index (χ1n) is 7.36. The van der Waals surface area contributed by atoms with Gasteiger partial charge in [-0.25, -0.2) is 9.18 Å². The Morgan fingerprint density at radius 1 is 1.37 bits per heavy atom. The maximum atomic E-state index is 14.7. The van der Waals surface area contributed by atoms with Crippen LogP contribution in [0.4, 0.5) is 4.39 Å². The van der Waals surface area contributed by atoms with Crippen LogP contribution in [0, 0.1) is 5.82 Å². The topological polar surface area (TPSA) is 104 Å². The number of hydrogen-bond acceptors (Lipinski definition) is 8. The first kappa shape index (κ1) is 21.4. The van der Waals surface area contributed by atoms with Gasteiger partial charge in [-0.2, -0.15) is 8.42 Å². The Morgan fingerprint density at radius 2 is 2.04 bits per heavy atom.